The van der Waals surface area contributed by atoms with Gasteiger partial charge in [0.05, 0.1) is 12.1 Å². The molecule has 2 N–H and O–H groups in total. The molecule has 1 heterocycles. The molecule has 0 saturated heterocycles. The van der Waals surface area contributed by atoms with Crippen LogP contribution in [0.3, 0.4) is 0 Å². The maximum absolute atomic E-state index is 12.0. The van der Waals surface area contributed by atoms with Crippen LogP contribution in [-0.4, -0.2) is 17.9 Å². The van der Waals surface area contributed by atoms with Crippen LogP contribution < -0.4 is 15.4 Å². The van der Waals surface area contributed by atoms with Crippen LogP contribution in [0.4, 0.5) is 5.69 Å². The molecule has 3 rings (SSSR count). The number of anilines is 1. The van der Waals surface area contributed by atoms with E-state index < -0.39 is 6.10 Å². The second-order valence-corrected chi connectivity index (χ2v) is 5.64. The molecule has 0 spiro atoms. The average Bonchev–Trinajstić information content (AvgIpc) is 2.54. The molecular formula is C17H15ClN2O3. The Morgan fingerprint density at radius 3 is 2.87 bits per heavy atom. The lowest BCUT2D eigenvalue weighted by molar-refractivity contribution is -0.130. The summed E-state index contributed by atoms with van der Waals surface area (Å²) in [5.41, 5.74) is 1.51. The highest BCUT2D eigenvalue weighted by Crippen LogP contribution is 2.29. The van der Waals surface area contributed by atoms with Crippen LogP contribution in [0.25, 0.3) is 0 Å². The van der Waals surface area contributed by atoms with Gasteiger partial charge in [-0.2, -0.15) is 0 Å². The quantitative estimate of drug-likeness (QED) is 0.905. The molecule has 118 valence electrons. The van der Waals surface area contributed by atoms with Crippen LogP contribution in [0.15, 0.2) is 48.5 Å². The monoisotopic (exact) mass is 330 g/mol. The van der Waals surface area contributed by atoms with E-state index in [2.05, 4.69) is 10.6 Å². The lowest BCUT2D eigenvalue weighted by Crippen LogP contribution is -2.40. The predicted octanol–water partition coefficient (Wildman–Crippen LogP) is 2.75. The Bertz CT molecular complexity index is 748. The first-order valence-corrected chi connectivity index (χ1v) is 7.57. The fourth-order valence-electron chi connectivity index (χ4n) is 2.32. The van der Waals surface area contributed by atoms with Crippen LogP contribution in [0.1, 0.15) is 12.0 Å². The Morgan fingerprint density at radius 1 is 1.22 bits per heavy atom. The van der Waals surface area contributed by atoms with E-state index in [1.54, 1.807) is 30.3 Å². The van der Waals surface area contributed by atoms with Crippen molar-refractivity contribution in [3.8, 4) is 5.75 Å². The molecule has 2 aromatic carbocycles. The summed E-state index contributed by atoms with van der Waals surface area (Å²) in [5.74, 6) is -0.00847. The van der Waals surface area contributed by atoms with E-state index in [1.165, 1.54) is 0 Å². The number of hydrogen-bond donors (Lipinski definition) is 2. The summed E-state index contributed by atoms with van der Waals surface area (Å²) in [6.07, 6.45) is -0.870. The smallest absolute Gasteiger partial charge is 0.266 e. The highest BCUT2D eigenvalue weighted by atomic mass is 35.5. The molecule has 1 aliphatic rings. The van der Waals surface area contributed by atoms with Crippen LogP contribution in [0, 0.1) is 0 Å². The molecule has 0 radical (unpaired) electrons. The average molecular weight is 331 g/mol. The SMILES string of the molecule is O=C(CC1Oc2ccccc2NC1=O)NCc1cccc(Cl)c1. The van der Waals surface area contributed by atoms with Crippen molar-refractivity contribution in [2.24, 2.45) is 0 Å². The lowest BCUT2D eigenvalue weighted by Gasteiger charge is -2.25. The van der Waals surface area contributed by atoms with E-state index in [1.807, 2.05) is 18.2 Å². The molecule has 6 heteroatoms. The second-order valence-electron chi connectivity index (χ2n) is 5.20. The number of benzene rings is 2. The zero-order chi connectivity index (χ0) is 16.2. The van der Waals surface area contributed by atoms with E-state index in [4.69, 9.17) is 16.3 Å². The summed E-state index contributed by atoms with van der Waals surface area (Å²) in [4.78, 5) is 24.0. The van der Waals surface area contributed by atoms with Gasteiger partial charge in [0.25, 0.3) is 5.91 Å². The molecule has 0 bridgehead atoms. The van der Waals surface area contributed by atoms with Gasteiger partial charge in [-0.25, -0.2) is 0 Å². The van der Waals surface area contributed by atoms with E-state index in [9.17, 15) is 9.59 Å². The molecule has 2 amide bonds. The van der Waals surface area contributed by atoms with Crippen molar-refractivity contribution in [1.29, 1.82) is 0 Å². The minimum Gasteiger partial charge on any atom is -0.478 e. The molecule has 0 saturated carbocycles. The number of hydrogen-bond acceptors (Lipinski definition) is 3. The van der Waals surface area contributed by atoms with Crippen molar-refractivity contribution in [1.82, 2.24) is 5.32 Å². The van der Waals surface area contributed by atoms with Gasteiger partial charge in [0.15, 0.2) is 6.10 Å². The van der Waals surface area contributed by atoms with Crippen LogP contribution in [0.2, 0.25) is 5.02 Å². The van der Waals surface area contributed by atoms with Crippen molar-refractivity contribution < 1.29 is 14.3 Å². The Balaban J connectivity index is 1.57. The number of nitrogens with one attached hydrogen (secondary N) is 2. The molecule has 2 aromatic rings. The van der Waals surface area contributed by atoms with E-state index in [0.717, 1.165) is 5.56 Å². The molecule has 0 aromatic heterocycles. The van der Waals surface area contributed by atoms with Crippen molar-refractivity contribution >= 4 is 29.1 Å². The third-order valence-corrected chi connectivity index (χ3v) is 3.69. The van der Waals surface area contributed by atoms with Crippen molar-refractivity contribution in [3.05, 3.63) is 59.1 Å². The van der Waals surface area contributed by atoms with Crippen LogP contribution >= 0.6 is 11.6 Å². The molecular weight excluding hydrogens is 316 g/mol. The first-order valence-electron chi connectivity index (χ1n) is 7.19. The van der Waals surface area contributed by atoms with Gasteiger partial charge in [-0.05, 0) is 29.8 Å². The van der Waals surface area contributed by atoms with Gasteiger partial charge in [0, 0.05) is 11.6 Å². The summed E-state index contributed by atoms with van der Waals surface area (Å²) in [5, 5.41) is 6.11. The lowest BCUT2D eigenvalue weighted by atomic mass is 10.1. The second kappa shape index (κ2) is 6.71. The highest BCUT2D eigenvalue weighted by molar-refractivity contribution is 6.30. The van der Waals surface area contributed by atoms with Gasteiger partial charge in [-0.15, -0.1) is 0 Å². The van der Waals surface area contributed by atoms with E-state index >= 15 is 0 Å². The number of para-hydroxylation sites is 2. The molecule has 0 fully saturated rings. The molecule has 0 aliphatic carbocycles. The van der Waals surface area contributed by atoms with Gasteiger partial charge in [0.1, 0.15) is 5.75 Å². The topological polar surface area (TPSA) is 67.4 Å². The third-order valence-electron chi connectivity index (χ3n) is 3.46. The summed E-state index contributed by atoms with van der Waals surface area (Å²) < 4.78 is 5.59. The van der Waals surface area contributed by atoms with E-state index in [0.29, 0.717) is 23.0 Å². The molecule has 5 nitrogen and oxygen atoms in total. The number of carbonyl (C=O) groups is 2. The van der Waals surface area contributed by atoms with Gasteiger partial charge in [-0.3, -0.25) is 9.59 Å². The van der Waals surface area contributed by atoms with Crippen LogP contribution in [-0.2, 0) is 16.1 Å². The zero-order valence-electron chi connectivity index (χ0n) is 12.2. The minimum atomic E-state index is -0.829. The first kappa shape index (κ1) is 15.4. The maximum atomic E-state index is 12.0. The first-order chi connectivity index (χ1) is 11.1. The summed E-state index contributed by atoms with van der Waals surface area (Å²) in [6.45, 7) is 0.352. The number of rotatable bonds is 4. The largest absolute Gasteiger partial charge is 0.478 e. The highest BCUT2D eigenvalue weighted by Gasteiger charge is 2.29. The number of carbonyl (C=O) groups excluding carboxylic acids is 2. The van der Waals surface area contributed by atoms with Gasteiger partial charge in [-0.1, -0.05) is 35.9 Å². The fourth-order valence-corrected chi connectivity index (χ4v) is 2.53. The van der Waals surface area contributed by atoms with Crippen molar-refractivity contribution in [3.63, 3.8) is 0 Å². The third kappa shape index (κ3) is 3.81. The van der Waals surface area contributed by atoms with Crippen molar-refractivity contribution in [2.75, 3.05) is 5.32 Å². The summed E-state index contributed by atoms with van der Waals surface area (Å²) in [7, 11) is 0. The molecule has 1 aliphatic heterocycles. The Kier molecular flexibility index (Phi) is 4.48. The summed E-state index contributed by atoms with van der Waals surface area (Å²) in [6, 6.07) is 14.4. The van der Waals surface area contributed by atoms with Gasteiger partial charge in [0.2, 0.25) is 5.91 Å². The maximum Gasteiger partial charge on any atom is 0.266 e. The number of halogens is 1. The number of fused-ring (bicyclic) bond motifs is 1. The van der Waals surface area contributed by atoms with Crippen LogP contribution in [0.5, 0.6) is 5.75 Å². The minimum absolute atomic E-state index is 0.0409. The summed E-state index contributed by atoms with van der Waals surface area (Å²) >= 11 is 5.90. The van der Waals surface area contributed by atoms with Gasteiger partial charge >= 0.3 is 0 Å². The standard InChI is InChI=1S/C17H15ClN2O3/c18-12-5-3-4-11(8-12)10-19-16(21)9-15-17(22)20-13-6-1-2-7-14(13)23-15/h1-8,15H,9-10H2,(H,19,21)(H,20,22). The van der Waals surface area contributed by atoms with Crippen molar-refractivity contribution in [2.45, 2.75) is 19.1 Å². The van der Waals surface area contributed by atoms with Gasteiger partial charge < -0.3 is 15.4 Å². The molecule has 1 atom stereocenters. The Labute approximate surface area is 138 Å². The Hall–Kier alpha value is -2.53. The van der Waals surface area contributed by atoms with E-state index in [-0.39, 0.29) is 18.2 Å². The Morgan fingerprint density at radius 2 is 2.04 bits per heavy atom. The fraction of sp³-hybridized carbons (Fsp3) is 0.176. The molecule has 23 heavy (non-hydrogen) atoms. The zero-order valence-corrected chi connectivity index (χ0v) is 13.0. The molecule has 1 unspecified atom stereocenters. The normalized spacial score (nSPS) is 16.0. The number of ether oxygens (including phenoxy) is 1. The number of amides is 2. The predicted molar refractivity (Wildman–Crippen MR) is 87.4 cm³/mol.